The van der Waals surface area contributed by atoms with E-state index >= 15 is 0 Å². The van der Waals surface area contributed by atoms with Crippen molar-refractivity contribution < 1.29 is 24.5 Å². The van der Waals surface area contributed by atoms with Gasteiger partial charge in [0, 0.05) is 30.1 Å². The zero-order chi connectivity index (χ0) is 21.7. The molecule has 3 rings (SSSR count). The van der Waals surface area contributed by atoms with Crippen LogP contribution in [0.2, 0.25) is 0 Å². The molecule has 2 aromatic carbocycles. The number of aliphatic carboxylic acids is 1. The third-order valence-electron chi connectivity index (χ3n) is 4.97. The number of hydrogen-bond donors (Lipinski definition) is 2. The number of benzene rings is 2. The second-order valence-electron chi connectivity index (χ2n) is 7.13. The monoisotopic (exact) mass is 407 g/mol. The normalized spacial score (nSPS) is 11.3. The van der Waals surface area contributed by atoms with Crippen LogP contribution >= 0.6 is 0 Å². The molecule has 0 atom stereocenters. The summed E-state index contributed by atoms with van der Waals surface area (Å²) in [7, 11) is 1.54. The van der Waals surface area contributed by atoms with E-state index in [1.165, 1.54) is 7.11 Å². The van der Waals surface area contributed by atoms with Crippen LogP contribution in [0.3, 0.4) is 0 Å². The fraction of sp³-hybridized carbons (Fsp3) is 0.250. The minimum Gasteiger partial charge on any atom is -0.496 e. The van der Waals surface area contributed by atoms with E-state index in [1.807, 2.05) is 12.1 Å². The molecule has 0 amide bonds. The zero-order valence-corrected chi connectivity index (χ0v) is 17.1. The number of methoxy groups -OCH3 is 1. The number of aromatic carboxylic acids is 1. The van der Waals surface area contributed by atoms with Crippen LogP contribution in [0.4, 0.5) is 0 Å². The average molecular weight is 407 g/mol. The van der Waals surface area contributed by atoms with Crippen LogP contribution in [0, 0.1) is 0 Å². The Morgan fingerprint density at radius 1 is 1.10 bits per heavy atom. The molecule has 1 heterocycles. The van der Waals surface area contributed by atoms with Gasteiger partial charge >= 0.3 is 11.9 Å². The Morgan fingerprint density at radius 3 is 2.57 bits per heavy atom. The van der Waals surface area contributed by atoms with E-state index < -0.39 is 11.9 Å². The standard InChI is InChI=1S/C24H25NO5/c1-3-11-25-15-19(13-17-8-9-18(24(28)29)14-22(17)30-2)20-12-16(7-10-21(20)25)5-4-6-23(26)27/h4-5,7-10,12,14-15H,3,6,11,13H2,1-2H3,(H,26,27)(H,28,29)/b5-4+. The van der Waals surface area contributed by atoms with Crippen LogP contribution in [0.5, 0.6) is 5.75 Å². The van der Waals surface area contributed by atoms with Gasteiger partial charge in [-0.05, 0) is 47.4 Å². The number of aryl methyl sites for hydroxylation is 1. The van der Waals surface area contributed by atoms with Crippen LogP contribution in [0.15, 0.2) is 48.7 Å². The van der Waals surface area contributed by atoms with E-state index in [-0.39, 0.29) is 12.0 Å². The zero-order valence-electron chi connectivity index (χ0n) is 17.1. The molecule has 0 aliphatic heterocycles. The third kappa shape index (κ3) is 4.71. The molecule has 0 aliphatic carbocycles. The van der Waals surface area contributed by atoms with Gasteiger partial charge in [-0.25, -0.2) is 4.79 Å². The second-order valence-corrected chi connectivity index (χ2v) is 7.13. The van der Waals surface area contributed by atoms with E-state index in [4.69, 9.17) is 9.84 Å². The molecule has 0 radical (unpaired) electrons. The van der Waals surface area contributed by atoms with Gasteiger partial charge in [-0.2, -0.15) is 0 Å². The molecule has 6 nitrogen and oxygen atoms in total. The molecule has 0 spiro atoms. The Bertz CT molecular complexity index is 1110. The lowest BCUT2D eigenvalue weighted by atomic mass is 10.0. The van der Waals surface area contributed by atoms with E-state index in [2.05, 4.69) is 29.8 Å². The fourth-order valence-electron chi connectivity index (χ4n) is 3.58. The minimum absolute atomic E-state index is 0.0190. The Balaban J connectivity index is 2.02. The van der Waals surface area contributed by atoms with Crippen LogP contribution in [-0.2, 0) is 17.8 Å². The summed E-state index contributed by atoms with van der Waals surface area (Å²) in [5.74, 6) is -1.31. The number of rotatable bonds is 9. The van der Waals surface area contributed by atoms with E-state index in [0.29, 0.717) is 12.2 Å². The maximum Gasteiger partial charge on any atom is 0.335 e. The Labute approximate surface area is 175 Å². The molecule has 0 unspecified atom stereocenters. The number of fused-ring (bicyclic) bond motifs is 1. The summed E-state index contributed by atoms with van der Waals surface area (Å²) in [4.78, 5) is 22.0. The third-order valence-corrected chi connectivity index (χ3v) is 4.97. The first kappa shape index (κ1) is 21.2. The number of nitrogens with zero attached hydrogens (tertiary/aromatic N) is 1. The number of hydrogen-bond acceptors (Lipinski definition) is 3. The molecule has 0 bridgehead atoms. The highest BCUT2D eigenvalue weighted by Gasteiger charge is 2.14. The Morgan fingerprint density at radius 2 is 1.90 bits per heavy atom. The van der Waals surface area contributed by atoms with E-state index in [1.54, 1.807) is 24.3 Å². The van der Waals surface area contributed by atoms with Crippen molar-refractivity contribution in [1.82, 2.24) is 4.57 Å². The van der Waals surface area contributed by atoms with Crippen molar-refractivity contribution in [2.75, 3.05) is 7.11 Å². The second kappa shape index (κ2) is 9.31. The largest absolute Gasteiger partial charge is 0.496 e. The van der Waals surface area contributed by atoms with Gasteiger partial charge in [-0.1, -0.05) is 31.2 Å². The predicted octanol–water partition coefficient (Wildman–Crippen LogP) is 4.84. The molecule has 3 aromatic rings. The van der Waals surface area contributed by atoms with Gasteiger partial charge in [0.25, 0.3) is 0 Å². The fourth-order valence-corrected chi connectivity index (χ4v) is 3.58. The molecular formula is C24H25NO5. The number of ether oxygens (including phenoxy) is 1. The lowest BCUT2D eigenvalue weighted by molar-refractivity contribution is -0.135. The number of carboxylic acid groups (broad SMARTS) is 2. The topological polar surface area (TPSA) is 88.8 Å². The minimum atomic E-state index is -0.989. The maximum absolute atomic E-state index is 11.3. The smallest absolute Gasteiger partial charge is 0.335 e. The first-order valence-corrected chi connectivity index (χ1v) is 9.83. The molecule has 6 heteroatoms. The summed E-state index contributed by atoms with van der Waals surface area (Å²) >= 11 is 0. The van der Waals surface area contributed by atoms with Gasteiger partial charge in [0.1, 0.15) is 5.75 Å². The van der Waals surface area contributed by atoms with Gasteiger partial charge < -0.3 is 19.5 Å². The molecule has 1 aromatic heterocycles. The van der Waals surface area contributed by atoms with Crippen molar-refractivity contribution in [3.05, 3.63) is 70.9 Å². The molecule has 156 valence electrons. The quantitative estimate of drug-likeness (QED) is 0.530. The van der Waals surface area contributed by atoms with Gasteiger partial charge in [0.2, 0.25) is 0 Å². The van der Waals surface area contributed by atoms with Crippen molar-refractivity contribution in [3.63, 3.8) is 0 Å². The lowest BCUT2D eigenvalue weighted by Crippen LogP contribution is -2.00. The molecule has 0 fully saturated rings. The number of carboxylic acids is 2. The Hall–Kier alpha value is -3.54. The molecule has 30 heavy (non-hydrogen) atoms. The number of carbonyl (C=O) groups is 2. The molecule has 0 saturated heterocycles. The maximum atomic E-state index is 11.3. The van der Waals surface area contributed by atoms with Crippen molar-refractivity contribution in [1.29, 1.82) is 0 Å². The summed E-state index contributed by atoms with van der Waals surface area (Å²) < 4.78 is 7.65. The van der Waals surface area contributed by atoms with Gasteiger partial charge in [0.15, 0.2) is 0 Å². The van der Waals surface area contributed by atoms with Crippen molar-refractivity contribution in [2.45, 2.75) is 32.7 Å². The van der Waals surface area contributed by atoms with E-state index in [0.717, 1.165) is 40.6 Å². The molecule has 0 saturated carbocycles. The first-order valence-electron chi connectivity index (χ1n) is 9.83. The first-order chi connectivity index (χ1) is 14.4. The number of aromatic nitrogens is 1. The summed E-state index contributed by atoms with van der Waals surface area (Å²) in [5, 5.41) is 19.1. The average Bonchev–Trinajstić information content (AvgIpc) is 3.05. The van der Waals surface area contributed by atoms with Crippen molar-refractivity contribution >= 4 is 28.9 Å². The Kier molecular flexibility index (Phi) is 6.57. The highest BCUT2D eigenvalue weighted by molar-refractivity contribution is 5.89. The van der Waals surface area contributed by atoms with Crippen LogP contribution in [-0.4, -0.2) is 33.8 Å². The van der Waals surface area contributed by atoms with E-state index in [9.17, 15) is 14.7 Å². The molecule has 0 aliphatic rings. The van der Waals surface area contributed by atoms with Crippen molar-refractivity contribution in [3.8, 4) is 5.75 Å². The van der Waals surface area contributed by atoms with Gasteiger partial charge in [0.05, 0.1) is 19.1 Å². The summed E-state index contributed by atoms with van der Waals surface area (Å²) in [6, 6.07) is 11.0. The van der Waals surface area contributed by atoms with Gasteiger partial charge in [-0.15, -0.1) is 0 Å². The predicted molar refractivity (Wildman–Crippen MR) is 116 cm³/mol. The highest BCUT2D eigenvalue weighted by Crippen LogP contribution is 2.29. The molecular weight excluding hydrogens is 382 g/mol. The van der Waals surface area contributed by atoms with Crippen LogP contribution in [0.25, 0.3) is 17.0 Å². The summed E-state index contributed by atoms with van der Waals surface area (Å²) in [5.41, 5.74) is 4.25. The van der Waals surface area contributed by atoms with Crippen molar-refractivity contribution in [2.24, 2.45) is 0 Å². The lowest BCUT2D eigenvalue weighted by Gasteiger charge is -2.09. The van der Waals surface area contributed by atoms with Gasteiger partial charge in [-0.3, -0.25) is 4.79 Å². The summed E-state index contributed by atoms with van der Waals surface area (Å²) in [6.07, 6.45) is 7.16. The highest BCUT2D eigenvalue weighted by atomic mass is 16.5. The SMILES string of the molecule is CCCn1cc(Cc2ccc(C(=O)O)cc2OC)c2cc(/C=C/CC(=O)O)ccc21. The van der Waals surface area contributed by atoms with Crippen LogP contribution < -0.4 is 4.74 Å². The summed E-state index contributed by atoms with van der Waals surface area (Å²) in [6.45, 7) is 3.02. The van der Waals surface area contributed by atoms with Crippen LogP contribution in [0.1, 0.15) is 46.8 Å². The molecule has 2 N–H and O–H groups in total.